The molecule has 0 radical (unpaired) electrons. The number of guanidine groups is 1. The molecule has 1 aliphatic heterocycles. The Labute approximate surface area is 135 Å². The minimum atomic E-state index is 0.418. The van der Waals surface area contributed by atoms with Gasteiger partial charge in [-0.1, -0.05) is 44.2 Å². The minimum Gasteiger partial charge on any atom is -0.356 e. The molecule has 2 rings (SSSR count). The summed E-state index contributed by atoms with van der Waals surface area (Å²) in [7, 11) is 1.84. The van der Waals surface area contributed by atoms with E-state index < -0.39 is 0 Å². The molecule has 0 bridgehead atoms. The van der Waals surface area contributed by atoms with Gasteiger partial charge < -0.3 is 10.6 Å². The number of hydrogen-bond acceptors (Lipinski definition) is 2. The molecule has 122 valence electrons. The van der Waals surface area contributed by atoms with E-state index in [0.29, 0.717) is 12.0 Å². The van der Waals surface area contributed by atoms with Crippen LogP contribution in [0.5, 0.6) is 0 Å². The van der Waals surface area contributed by atoms with Gasteiger partial charge in [-0.05, 0) is 37.4 Å². The van der Waals surface area contributed by atoms with Crippen molar-refractivity contribution in [2.24, 2.45) is 10.9 Å². The lowest BCUT2D eigenvalue weighted by Gasteiger charge is -2.29. The van der Waals surface area contributed by atoms with Crippen molar-refractivity contribution < 1.29 is 0 Å². The van der Waals surface area contributed by atoms with Gasteiger partial charge >= 0.3 is 0 Å². The van der Waals surface area contributed by atoms with Crippen LogP contribution < -0.4 is 10.6 Å². The molecule has 0 spiro atoms. The van der Waals surface area contributed by atoms with Crippen LogP contribution in [0.3, 0.4) is 0 Å². The SMILES string of the molecule is CN=C(NCC(C)C)NCC(c1ccccc1)N1CCCC1. The second-order valence-corrected chi connectivity index (χ2v) is 6.40. The molecule has 0 aliphatic carbocycles. The summed E-state index contributed by atoms with van der Waals surface area (Å²) >= 11 is 0. The van der Waals surface area contributed by atoms with Gasteiger partial charge in [-0.15, -0.1) is 0 Å². The van der Waals surface area contributed by atoms with Crippen LogP contribution in [0.25, 0.3) is 0 Å². The van der Waals surface area contributed by atoms with Crippen molar-refractivity contribution in [2.45, 2.75) is 32.7 Å². The van der Waals surface area contributed by atoms with Gasteiger partial charge in [-0.2, -0.15) is 0 Å². The molecule has 2 N–H and O–H groups in total. The predicted molar refractivity (Wildman–Crippen MR) is 94.2 cm³/mol. The summed E-state index contributed by atoms with van der Waals surface area (Å²) in [6.07, 6.45) is 2.62. The van der Waals surface area contributed by atoms with Crippen LogP contribution in [0.2, 0.25) is 0 Å². The first-order valence-electron chi connectivity index (χ1n) is 8.44. The molecule has 1 aliphatic rings. The van der Waals surface area contributed by atoms with E-state index in [2.05, 4.69) is 64.7 Å². The van der Waals surface area contributed by atoms with Crippen molar-refractivity contribution in [1.82, 2.24) is 15.5 Å². The van der Waals surface area contributed by atoms with Gasteiger partial charge in [-0.25, -0.2) is 0 Å². The molecule has 1 heterocycles. The van der Waals surface area contributed by atoms with Crippen LogP contribution in [0.15, 0.2) is 35.3 Å². The summed E-state index contributed by atoms with van der Waals surface area (Å²) < 4.78 is 0. The van der Waals surface area contributed by atoms with Crippen molar-refractivity contribution in [3.8, 4) is 0 Å². The number of nitrogens with zero attached hydrogens (tertiary/aromatic N) is 2. The molecule has 1 atom stereocenters. The zero-order valence-corrected chi connectivity index (χ0v) is 14.2. The predicted octanol–water partition coefficient (Wildman–Crippen LogP) is 2.64. The van der Waals surface area contributed by atoms with Gasteiger partial charge in [0.1, 0.15) is 0 Å². The van der Waals surface area contributed by atoms with Gasteiger partial charge in [0.25, 0.3) is 0 Å². The second-order valence-electron chi connectivity index (χ2n) is 6.40. The highest BCUT2D eigenvalue weighted by molar-refractivity contribution is 5.79. The van der Waals surface area contributed by atoms with Crippen molar-refractivity contribution in [1.29, 1.82) is 0 Å². The number of likely N-dealkylation sites (tertiary alicyclic amines) is 1. The lowest BCUT2D eigenvalue weighted by molar-refractivity contribution is 0.245. The van der Waals surface area contributed by atoms with Crippen molar-refractivity contribution in [2.75, 3.05) is 33.2 Å². The summed E-state index contributed by atoms with van der Waals surface area (Å²) in [5, 5.41) is 6.88. The first-order valence-corrected chi connectivity index (χ1v) is 8.44. The summed E-state index contributed by atoms with van der Waals surface area (Å²) in [5.74, 6) is 1.51. The molecule has 1 aromatic rings. The largest absolute Gasteiger partial charge is 0.356 e. The third kappa shape index (κ3) is 5.02. The first-order chi connectivity index (χ1) is 10.7. The summed E-state index contributed by atoms with van der Waals surface area (Å²) in [6.45, 7) is 8.63. The van der Waals surface area contributed by atoms with Gasteiger partial charge in [-0.3, -0.25) is 9.89 Å². The fraction of sp³-hybridized carbons (Fsp3) is 0.611. The molecule has 4 nitrogen and oxygen atoms in total. The van der Waals surface area contributed by atoms with Crippen molar-refractivity contribution in [3.63, 3.8) is 0 Å². The minimum absolute atomic E-state index is 0.418. The Morgan fingerprint density at radius 1 is 1.09 bits per heavy atom. The van der Waals surface area contributed by atoms with E-state index in [0.717, 1.165) is 19.0 Å². The van der Waals surface area contributed by atoms with Gasteiger partial charge in [0.15, 0.2) is 5.96 Å². The van der Waals surface area contributed by atoms with Crippen LogP contribution in [-0.2, 0) is 0 Å². The average molecular weight is 302 g/mol. The quantitative estimate of drug-likeness (QED) is 0.627. The van der Waals surface area contributed by atoms with Crippen molar-refractivity contribution >= 4 is 5.96 Å². The van der Waals surface area contributed by atoms with Crippen LogP contribution >= 0.6 is 0 Å². The number of rotatable bonds is 6. The number of nitrogens with one attached hydrogen (secondary N) is 2. The van der Waals surface area contributed by atoms with E-state index in [9.17, 15) is 0 Å². The highest BCUT2D eigenvalue weighted by atomic mass is 15.2. The van der Waals surface area contributed by atoms with Crippen LogP contribution in [-0.4, -0.2) is 44.1 Å². The molecule has 0 saturated carbocycles. The van der Waals surface area contributed by atoms with E-state index in [1.165, 1.54) is 31.5 Å². The summed E-state index contributed by atoms with van der Waals surface area (Å²) in [6, 6.07) is 11.2. The number of benzene rings is 1. The third-order valence-electron chi connectivity index (χ3n) is 4.13. The highest BCUT2D eigenvalue weighted by Crippen LogP contribution is 2.24. The topological polar surface area (TPSA) is 39.7 Å². The molecule has 1 saturated heterocycles. The Morgan fingerprint density at radius 3 is 2.32 bits per heavy atom. The molecule has 22 heavy (non-hydrogen) atoms. The standard InChI is InChI=1S/C18H30N4/c1-15(2)13-20-18(19-3)21-14-17(22-11-7-8-12-22)16-9-5-4-6-10-16/h4-6,9-10,15,17H,7-8,11-14H2,1-3H3,(H2,19,20,21). The molecule has 1 unspecified atom stereocenters. The maximum Gasteiger partial charge on any atom is 0.191 e. The Hall–Kier alpha value is -1.55. The molecule has 1 fully saturated rings. The summed E-state index contributed by atoms with van der Waals surface area (Å²) in [4.78, 5) is 6.91. The Kier molecular flexibility index (Phi) is 6.72. The average Bonchev–Trinajstić information content (AvgIpc) is 3.05. The van der Waals surface area contributed by atoms with Crippen LogP contribution in [0.4, 0.5) is 0 Å². The summed E-state index contributed by atoms with van der Waals surface area (Å²) in [5.41, 5.74) is 1.39. The van der Waals surface area contributed by atoms with Gasteiger partial charge in [0, 0.05) is 20.1 Å². The van der Waals surface area contributed by atoms with Crippen LogP contribution in [0, 0.1) is 5.92 Å². The molecule has 4 heteroatoms. The van der Waals surface area contributed by atoms with Gasteiger partial charge in [0.2, 0.25) is 0 Å². The third-order valence-corrected chi connectivity index (χ3v) is 4.13. The Morgan fingerprint density at radius 2 is 1.73 bits per heavy atom. The zero-order valence-electron chi connectivity index (χ0n) is 14.2. The van der Waals surface area contributed by atoms with E-state index in [1.807, 2.05) is 7.05 Å². The molecule has 0 aromatic heterocycles. The second kappa shape index (κ2) is 8.79. The number of aliphatic imine (C=N–C) groups is 1. The normalized spacial score (nSPS) is 17.7. The molecular weight excluding hydrogens is 272 g/mol. The Bertz CT molecular complexity index is 449. The van der Waals surface area contributed by atoms with E-state index in [4.69, 9.17) is 0 Å². The lowest BCUT2D eigenvalue weighted by atomic mass is 10.1. The maximum atomic E-state index is 4.33. The molecule has 1 aromatic carbocycles. The van der Waals surface area contributed by atoms with Crippen molar-refractivity contribution in [3.05, 3.63) is 35.9 Å². The van der Waals surface area contributed by atoms with E-state index >= 15 is 0 Å². The lowest BCUT2D eigenvalue weighted by Crippen LogP contribution is -2.43. The highest BCUT2D eigenvalue weighted by Gasteiger charge is 2.23. The molecular formula is C18H30N4. The zero-order chi connectivity index (χ0) is 15.8. The maximum absolute atomic E-state index is 4.33. The number of hydrogen-bond donors (Lipinski definition) is 2. The van der Waals surface area contributed by atoms with Crippen LogP contribution in [0.1, 0.15) is 38.3 Å². The van der Waals surface area contributed by atoms with E-state index in [1.54, 1.807) is 0 Å². The monoisotopic (exact) mass is 302 g/mol. The molecule has 0 amide bonds. The fourth-order valence-corrected chi connectivity index (χ4v) is 2.90. The van der Waals surface area contributed by atoms with E-state index in [-0.39, 0.29) is 0 Å². The smallest absolute Gasteiger partial charge is 0.191 e. The Balaban J connectivity index is 1.97. The first kappa shape index (κ1) is 16.8. The van der Waals surface area contributed by atoms with Gasteiger partial charge in [0.05, 0.1) is 6.04 Å². The fourth-order valence-electron chi connectivity index (χ4n) is 2.90.